The average Bonchev–Trinajstić information content (AvgIpc) is 2.48. The molecule has 0 aliphatic carbocycles. The van der Waals surface area contributed by atoms with Crippen LogP contribution < -0.4 is 9.47 Å². The van der Waals surface area contributed by atoms with Crippen LogP contribution in [-0.4, -0.2) is 12.7 Å². The van der Waals surface area contributed by atoms with Gasteiger partial charge >= 0.3 is 0 Å². The van der Waals surface area contributed by atoms with Gasteiger partial charge in [0, 0.05) is 5.56 Å². The van der Waals surface area contributed by atoms with Crippen LogP contribution in [0.3, 0.4) is 0 Å². The summed E-state index contributed by atoms with van der Waals surface area (Å²) in [5, 5.41) is -0.235. The fourth-order valence-corrected chi connectivity index (χ4v) is 2.47. The lowest BCUT2D eigenvalue weighted by atomic mass is 10.0. The number of alkyl halides is 1. The summed E-state index contributed by atoms with van der Waals surface area (Å²) >= 11 is 6.61. The molecule has 21 heavy (non-hydrogen) atoms. The van der Waals surface area contributed by atoms with Gasteiger partial charge in [-0.3, -0.25) is 0 Å². The van der Waals surface area contributed by atoms with Crippen molar-refractivity contribution in [2.45, 2.75) is 32.3 Å². The summed E-state index contributed by atoms with van der Waals surface area (Å²) in [6.07, 6.45) is 0.168. The van der Waals surface area contributed by atoms with Crippen molar-refractivity contribution in [1.82, 2.24) is 0 Å². The lowest BCUT2D eigenvalue weighted by Crippen LogP contribution is -2.05. The summed E-state index contributed by atoms with van der Waals surface area (Å²) in [5.41, 5.74) is 2.01. The number of para-hydroxylation sites is 1. The predicted molar refractivity (Wildman–Crippen MR) is 87.5 cm³/mol. The highest BCUT2D eigenvalue weighted by atomic mass is 35.5. The van der Waals surface area contributed by atoms with Crippen LogP contribution in [0.4, 0.5) is 0 Å². The number of halogens is 1. The molecule has 1 unspecified atom stereocenters. The van der Waals surface area contributed by atoms with Crippen LogP contribution in [0.2, 0.25) is 0 Å². The molecule has 0 fully saturated rings. The van der Waals surface area contributed by atoms with Crippen molar-refractivity contribution < 1.29 is 9.47 Å². The molecule has 3 heteroatoms. The lowest BCUT2D eigenvalue weighted by molar-refractivity contribution is 0.242. The number of benzene rings is 2. The third-order valence-corrected chi connectivity index (χ3v) is 3.52. The van der Waals surface area contributed by atoms with Crippen molar-refractivity contribution in [2.75, 3.05) is 6.61 Å². The van der Waals surface area contributed by atoms with Gasteiger partial charge < -0.3 is 9.47 Å². The quantitative estimate of drug-likeness (QED) is 0.683. The van der Waals surface area contributed by atoms with Crippen molar-refractivity contribution in [2.24, 2.45) is 0 Å². The van der Waals surface area contributed by atoms with E-state index in [2.05, 4.69) is 0 Å². The minimum atomic E-state index is -0.235. The number of ether oxygens (including phenoxy) is 2. The Labute approximate surface area is 131 Å². The summed E-state index contributed by atoms with van der Waals surface area (Å²) in [5.74, 6) is 1.69. The van der Waals surface area contributed by atoms with E-state index in [0.717, 1.165) is 22.6 Å². The Kier molecular flexibility index (Phi) is 5.51. The van der Waals surface area contributed by atoms with Crippen molar-refractivity contribution in [1.29, 1.82) is 0 Å². The molecule has 2 aromatic carbocycles. The van der Waals surface area contributed by atoms with Gasteiger partial charge in [0.25, 0.3) is 0 Å². The monoisotopic (exact) mass is 304 g/mol. The highest BCUT2D eigenvalue weighted by Crippen LogP contribution is 2.35. The van der Waals surface area contributed by atoms with E-state index in [-0.39, 0.29) is 11.5 Å². The third-order valence-electron chi connectivity index (χ3n) is 3.04. The molecule has 0 spiro atoms. The molecule has 0 aromatic heterocycles. The minimum absolute atomic E-state index is 0.168. The summed E-state index contributed by atoms with van der Waals surface area (Å²) in [7, 11) is 0. The van der Waals surface area contributed by atoms with Crippen LogP contribution >= 0.6 is 11.6 Å². The van der Waals surface area contributed by atoms with Crippen LogP contribution in [0.25, 0.3) is 0 Å². The zero-order chi connectivity index (χ0) is 15.2. The normalized spacial score (nSPS) is 12.2. The number of rotatable bonds is 6. The molecule has 0 aliphatic rings. The van der Waals surface area contributed by atoms with Gasteiger partial charge in [-0.1, -0.05) is 30.3 Å². The Morgan fingerprint density at radius 2 is 1.67 bits per heavy atom. The molecule has 1 atom stereocenters. The topological polar surface area (TPSA) is 18.5 Å². The van der Waals surface area contributed by atoms with E-state index in [1.54, 1.807) is 0 Å². The van der Waals surface area contributed by atoms with Gasteiger partial charge in [-0.05, 0) is 44.5 Å². The predicted octanol–water partition coefficient (Wildman–Crippen LogP) is 5.20. The summed E-state index contributed by atoms with van der Waals surface area (Å²) < 4.78 is 11.3. The fourth-order valence-electron chi connectivity index (χ4n) is 2.14. The lowest BCUT2D eigenvalue weighted by Gasteiger charge is -2.16. The van der Waals surface area contributed by atoms with Gasteiger partial charge in [-0.15, -0.1) is 11.6 Å². The first-order valence-electron chi connectivity index (χ1n) is 7.24. The maximum Gasteiger partial charge on any atom is 0.124 e. The minimum Gasteiger partial charge on any atom is -0.494 e. The van der Waals surface area contributed by atoms with Gasteiger partial charge in [0.05, 0.1) is 18.1 Å². The van der Waals surface area contributed by atoms with E-state index in [4.69, 9.17) is 21.1 Å². The summed E-state index contributed by atoms with van der Waals surface area (Å²) in [6.45, 7) is 6.62. The molecule has 0 aliphatic heterocycles. The summed E-state index contributed by atoms with van der Waals surface area (Å²) in [4.78, 5) is 0. The van der Waals surface area contributed by atoms with Crippen LogP contribution in [0.1, 0.15) is 37.3 Å². The molecule has 2 nitrogen and oxygen atoms in total. The second kappa shape index (κ2) is 7.37. The van der Waals surface area contributed by atoms with Crippen molar-refractivity contribution in [3.63, 3.8) is 0 Å². The van der Waals surface area contributed by atoms with Gasteiger partial charge in [0.15, 0.2) is 0 Å². The molecule has 0 N–H and O–H groups in total. The van der Waals surface area contributed by atoms with E-state index in [1.165, 1.54) is 0 Å². The first kappa shape index (κ1) is 15.7. The zero-order valence-electron chi connectivity index (χ0n) is 12.7. The molecule has 0 bridgehead atoms. The van der Waals surface area contributed by atoms with E-state index in [0.29, 0.717) is 6.61 Å². The molecule has 0 heterocycles. The standard InChI is InChI=1S/C18H21ClO2/c1-4-20-17-8-6-5-7-16(17)18(19)14-9-11-15(12-10-14)21-13(2)3/h5-13,18H,4H2,1-3H3. The summed E-state index contributed by atoms with van der Waals surface area (Å²) in [6, 6.07) is 15.8. The maximum atomic E-state index is 6.61. The third kappa shape index (κ3) is 4.15. The molecule has 0 saturated heterocycles. The maximum absolute atomic E-state index is 6.61. The van der Waals surface area contributed by atoms with E-state index in [1.807, 2.05) is 69.3 Å². The first-order valence-corrected chi connectivity index (χ1v) is 7.68. The van der Waals surface area contributed by atoms with Crippen LogP contribution in [0, 0.1) is 0 Å². The largest absolute Gasteiger partial charge is 0.494 e. The SMILES string of the molecule is CCOc1ccccc1C(Cl)c1ccc(OC(C)C)cc1. The van der Waals surface area contributed by atoms with E-state index in [9.17, 15) is 0 Å². The highest BCUT2D eigenvalue weighted by Gasteiger charge is 2.15. The Hall–Kier alpha value is -1.67. The average molecular weight is 305 g/mol. The van der Waals surface area contributed by atoms with Crippen molar-refractivity contribution in [3.8, 4) is 11.5 Å². The molecule has 2 rings (SSSR count). The molecule has 0 radical (unpaired) electrons. The Morgan fingerprint density at radius 1 is 1.00 bits per heavy atom. The highest BCUT2D eigenvalue weighted by molar-refractivity contribution is 6.22. The molecule has 112 valence electrons. The Bertz CT molecular complexity index is 564. The van der Waals surface area contributed by atoms with Gasteiger partial charge in [-0.25, -0.2) is 0 Å². The number of hydrogen-bond acceptors (Lipinski definition) is 2. The Morgan fingerprint density at radius 3 is 2.29 bits per heavy atom. The van der Waals surface area contributed by atoms with Crippen LogP contribution in [0.15, 0.2) is 48.5 Å². The fraction of sp³-hybridized carbons (Fsp3) is 0.333. The molecular formula is C18H21ClO2. The van der Waals surface area contributed by atoms with Gasteiger partial charge in [0.1, 0.15) is 11.5 Å². The van der Waals surface area contributed by atoms with Gasteiger partial charge in [0.2, 0.25) is 0 Å². The second-order valence-corrected chi connectivity index (χ2v) is 5.51. The van der Waals surface area contributed by atoms with Crippen LogP contribution in [-0.2, 0) is 0 Å². The van der Waals surface area contributed by atoms with Crippen molar-refractivity contribution in [3.05, 3.63) is 59.7 Å². The van der Waals surface area contributed by atoms with Crippen molar-refractivity contribution >= 4 is 11.6 Å². The molecule has 2 aromatic rings. The molecular weight excluding hydrogens is 284 g/mol. The smallest absolute Gasteiger partial charge is 0.124 e. The van der Waals surface area contributed by atoms with E-state index < -0.39 is 0 Å². The van der Waals surface area contributed by atoms with Gasteiger partial charge in [-0.2, -0.15) is 0 Å². The molecule has 0 saturated carbocycles. The number of hydrogen-bond donors (Lipinski definition) is 0. The zero-order valence-corrected chi connectivity index (χ0v) is 13.4. The first-order chi connectivity index (χ1) is 10.1. The van der Waals surface area contributed by atoms with E-state index >= 15 is 0 Å². The Balaban J connectivity index is 2.21. The second-order valence-electron chi connectivity index (χ2n) is 5.07. The van der Waals surface area contributed by atoms with Crippen LogP contribution in [0.5, 0.6) is 11.5 Å². The molecule has 0 amide bonds.